The molecule has 6 heteroatoms. The number of hydrogen-bond acceptors (Lipinski definition) is 4. The number of carbonyl (C=O) groups is 1. The molecule has 0 saturated carbocycles. The molecule has 0 unspecified atom stereocenters. The Morgan fingerprint density at radius 2 is 1.90 bits per heavy atom. The molecular formula is C15H15N3O3. The fraction of sp³-hybridized carbons (Fsp3) is 0.200. The summed E-state index contributed by atoms with van der Waals surface area (Å²) in [5.74, 6) is 0.124. The molecule has 1 aromatic carbocycles. The Morgan fingerprint density at radius 3 is 2.48 bits per heavy atom. The molecule has 0 aliphatic rings. The second-order valence-electron chi connectivity index (χ2n) is 4.88. The zero-order chi connectivity index (χ0) is 15.6. The van der Waals surface area contributed by atoms with Crippen LogP contribution in [0.25, 0.3) is 0 Å². The highest BCUT2D eigenvalue weighted by molar-refractivity contribution is 6.04. The van der Waals surface area contributed by atoms with Crippen molar-refractivity contribution in [3.63, 3.8) is 0 Å². The lowest BCUT2D eigenvalue weighted by Gasteiger charge is -2.07. The number of hydrogen-bond donors (Lipinski definition) is 1. The molecule has 0 atom stereocenters. The molecule has 0 spiro atoms. The summed E-state index contributed by atoms with van der Waals surface area (Å²) in [6.07, 6.45) is 0. The van der Waals surface area contributed by atoms with E-state index in [1.54, 1.807) is 13.0 Å². The number of benzene rings is 1. The van der Waals surface area contributed by atoms with Gasteiger partial charge in [-0.1, -0.05) is 0 Å². The van der Waals surface area contributed by atoms with E-state index in [0.29, 0.717) is 16.9 Å². The molecule has 1 N–H and O–H groups in total. The van der Waals surface area contributed by atoms with Crippen molar-refractivity contribution in [3.05, 3.63) is 62.8 Å². The fourth-order valence-corrected chi connectivity index (χ4v) is 2.10. The van der Waals surface area contributed by atoms with E-state index in [-0.39, 0.29) is 11.6 Å². The first kappa shape index (κ1) is 14.6. The van der Waals surface area contributed by atoms with Crippen LogP contribution in [0.4, 0.5) is 11.5 Å². The summed E-state index contributed by atoms with van der Waals surface area (Å²) < 4.78 is 0. The van der Waals surface area contributed by atoms with E-state index in [1.165, 1.54) is 18.2 Å². The number of nitro groups is 1. The van der Waals surface area contributed by atoms with Crippen LogP contribution in [0.3, 0.4) is 0 Å². The highest BCUT2D eigenvalue weighted by Gasteiger charge is 2.14. The number of pyridine rings is 1. The Morgan fingerprint density at radius 1 is 1.19 bits per heavy atom. The third-order valence-corrected chi connectivity index (χ3v) is 3.00. The van der Waals surface area contributed by atoms with Crippen LogP contribution in [-0.2, 0) is 0 Å². The summed E-state index contributed by atoms with van der Waals surface area (Å²) in [5.41, 5.74) is 2.61. The number of aromatic nitrogens is 1. The van der Waals surface area contributed by atoms with Crippen LogP contribution in [0, 0.1) is 30.9 Å². The second kappa shape index (κ2) is 5.70. The number of carbonyl (C=O) groups excluding carboxylic acids is 1. The summed E-state index contributed by atoms with van der Waals surface area (Å²) in [6.45, 7) is 5.36. The fourth-order valence-electron chi connectivity index (χ4n) is 2.10. The number of amides is 1. The zero-order valence-electron chi connectivity index (χ0n) is 12.0. The molecule has 0 radical (unpaired) electrons. The van der Waals surface area contributed by atoms with E-state index in [4.69, 9.17) is 0 Å². The number of nitrogens with one attached hydrogen (secondary N) is 1. The number of anilines is 1. The topological polar surface area (TPSA) is 85.1 Å². The number of nitrogens with zero attached hydrogens (tertiary/aromatic N) is 2. The Bertz CT molecular complexity index is 706. The Balaban J connectivity index is 2.24. The molecule has 108 valence electrons. The van der Waals surface area contributed by atoms with Crippen LogP contribution >= 0.6 is 0 Å². The quantitative estimate of drug-likeness (QED) is 0.693. The van der Waals surface area contributed by atoms with Gasteiger partial charge in [-0.15, -0.1) is 0 Å². The van der Waals surface area contributed by atoms with Crippen LogP contribution < -0.4 is 5.32 Å². The first-order valence-electron chi connectivity index (χ1n) is 6.38. The number of rotatable bonds is 3. The lowest BCUT2D eigenvalue weighted by atomic mass is 10.1. The zero-order valence-corrected chi connectivity index (χ0v) is 12.0. The molecule has 2 rings (SSSR count). The molecule has 21 heavy (non-hydrogen) atoms. The van der Waals surface area contributed by atoms with Crippen LogP contribution in [0.5, 0.6) is 0 Å². The number of aryl methyl sites for hydroxylation is 3. The predicted octanol–water partition coefficient (Wildman–Crippen LogP) is 3.17. The van der Waals surface area contributed by atoms with Crippen LogP contribution in [0.1, 0.15) is 27.2 Å². The third-order valence-electron chi connectivity index (χ3n) is 3.00. The van der Waals surface area contributed by atoms with E-state index in [2.05, 4.69) is 10.3 Å². The molecule has 0 fully saturated rings. The van der Waals surface area contributed by atoms with Crippen molar-refractivity contribution in [2.24, 2.45) is 0 Å². The average Bonchev–Trinajstić information content (AvgIpc) is 2.36. The van der Waals surface area contributed by atoms with Gasteiger partial charge in [0.25, 0.3) is 11.6 Å². The van der Waals surface area contributed by atoms with Crippen molar-refractivity contribution in [2.75, 3.05) is 5.32 Å². The van der Waals surface area contributed by atoms with Crippen molar-refractivity contribution in [1.82, 2.24) is 4.98 Å². The minimum Gasteiger partial charge on any atom is -0.307 e. The lowest BCUT2D eigenvalue weighted by Crippen LogP contribution is -2.13. The van der Waals surface area contributed by atoms with E-state index in [9.17, 15) is 14.9 Å². The third kappa shape index (κ3) is 3.42. The smallest absolute Gasteiger partial charge is 0.272 e. The van der Waals surface area contributed by atoms with Crippen LogP contribution in [-0.4, -0.2) is 15.8 Å². The van der Waals surface area contributed by atoms with E-state index in [0.717, 1.165) is 11.3 Å². The SMILES string of the molecule is Cc1cc(C)nc(NC(=O)c2ccc([N+](=O)[O-])c(C)c2)c1. The van der Waals surface area contributed by atoms with Crippen molar-refractivity contribution in [1.29, 1.82) is 0 Å². The summed E-state index contributed by atoms with van der Waals surface area (Å²) in [5, 5.41) is 13.5. The van der Waals surface area contributed by atoms with Crippen molar-refractivity contribution in [2.45, 2.75) is 20.8 Å². The van der Waals surface area contributed by atoms with Gasteiger partial charge in [-0.2, -0.15) is 0 Å². The molecular weight excluding hydrogens is 270 g/mol. The van der Waals surface area contributed by atoms with Crippen LogP contribution in [0.2, 0.25) is 0 Å². The normalized spacial score (nSPS) is 10.2. The van der Waals surface area contributed by atoms with Gasteiger partial charge in [-0.3, -0.25) is 14.9 Å². The highest BCUT2D eigenvalue weighted by atomic mass is 16.6. The average molecular weight is 285 g/mol. The minimum absolute atomic E-state index is 0.00363. The van der Waals surface area contributed by atoms with Gasteiger partial charge in [0.1, 0.15) is 5.82 Å². The molecule has 0 aliphatic heterocycles. The Hall–Kier alpha value is -2.76. The van der Waals surface area contributed by atoms with E-state index >= 15 is 0 Å². The van der Waals surface area contributed by atoms with E-state index < -0.39 is 4.92 Å². The molecule has 2 aromatic rings. The predicted molar refractivity (Wildman–Crippen MR) is 79.5 cm³/mol. The summed E-state index contributed by atoms with van der Waals surface area (Å²) >= 11 is 0. The minimum atomic E-state index is -0.470. The van der Waals surface area contributed by atoms with Gasteiger partial charge in [0.05, 0.1) is 4.92 Å². The summed E-state index contributed by atoms with van der Waals surface area (Å²) in [6, 6.07) is 7.94. The summed E-state index contributed by atoms with van der Waals surface area (Å²) in [4.78, 5) is 26.7. The van der Waals surface area contributed by atoms with Crippen molar-refractivity contribution >= 4 is 17.4 Å². The standard InChI is InChI=1S/C15H15N3O3/c1-9-6-11(3)16-14(7-9)17-15(19)12-4-5-13(18(20)21)10(2)8-12/h4-8H,1-3H3,(H,16,17,19). The first-order chi connectivity index (χ1) is 9.86. The van der Waals surface area contributed by atoms with Crippen LogP contribution in [0.15, 0.2) is 30.3 Å². The Kier molecular flexibility index (Phi) is 3.98. The van der Waals surface area contributed by atoms with Crippen molar-refractivity contribution < 1.29 is 9.72 Å². The summed E-state index contributed by atoms with van der Waals surface area (Å²) in [7, 11) is 0. The maximum absolute atomic E-state index is 12.1. The van der Waals surface area contributed by atoms with Gasteiger partial charge in [0.15, 0.2) is 0 Å². The molecule has 1 heterocycles. The molecule has 1 aromatic heterocycles. The van der Waals surface area contributed by atoms with Gasteiger partial charge >= 0.3 is 0 Å². The molecule has 0 bridgehead atoms. The monoisotopic (exact) mass is 285 g/mol. The van der Waals surface area contributed by atoms with E-state index in [1.807, 2.05) is 19.9 Å². The number of nitro benzene ring substituents is 1. The lowest BCUT2D eigenvalue weighted by molar-refractivity contribution is -0.385. The maximum Gasteiger partial charge on any atom is 0.272 e. The molecule has 0 aliphatic carbocycles. The largest absolute Gasteiger partial charge is 0.307 e. The Labute approximate surface area is 122 Å². The highest BCUT2D eigenvalue weighted by Crippen LogP contribution is 2.19. The second-order valence-corrected chi connectivity index (χ2v) is 4.88. The van der Waals surface area contributed by atoms with Gasteiger partial charge in [0, 0.05) is 22.9 Å². The molecule has 6 nitrogen and oxygen atoms in total. The van der Waals surface area contributed by atoms with Crippen molar-refractivity contribution in [3.8, 4) is 0 Å². The van der Waals surface area contributed by atoms with Gasteiger partial charge in [-0.05, 0) is 50.6 Å². The first-order valence-corrected chi connectivity index (χ1v) is 6.38. The maximum atomic E-state index is 12.1. The van der Waals surface area contributed by atoms with Gasteiger partial charge in [0.2, 0.25) is 0 Å². The van der Waals surface area contributed by atoms with Gasteiger partial charge < -0.3 is 5.32 Å². The van der Waals surface area contributed by atoms with Gasteiger partial charge in [-0.25, -0.2) is 4.98 Å². The molecule has 0 saturated heterocycles. The molecule has 1 amide bonds.